The summed E-state index contributed by atoms with van der Waals surface area (Å²) in [5.74, 6) is 0.0259. The van der Waals surface area contributed by atoms with Crippen LogP contribution in [0.15, 0.2) is 46.9 Å². The Bertz CT molecular complexity index is 751. The fourth-order valence-electron chi connectivity index (χ4n) is 2.28. The summed E-state index contributed by atoms with van der Waals surface area (Å²) in [6.07, 6.45) is 0. The Morgan fingerprint density at radius 3 is 2.57 bits per heavy atom. The predicted molar refractivity (Wildman–Crippen MR) is 79.0 cm³/mol. The fraction of sp³-hybridized carbons (Fsp3) is 0.176. The lowest BCUT2D eigenvalue weighted by Crippen LogP contribution is -2.06. The molecule has 0 spiro atoms. The van der Waals surface area contributed by atoms with E-state index in [1.54, 1.807) is 12.1 Å². The summed E-state index contributed by atoms with van der Waals surface area (Å²) in [7, 11) is 0. The van der Waals surface area contributed by atoms with Crippen LogP contribution >= 0.6 is 0 Å². The molecule has 0 N–H and O–H groups in total. The van der Waals surface area contributed by atoms with Gasteiger partial charge in [0, 0.05) is 0 Å². The maximum Gasteiger partial charge on any atom is 0.338 e. The highest BCUT2D eigenvalue weighted by Gasteiger charge is 2.11. The number of nitrogens with zero attached hydrogens (tertiary/aromatic N) is 1. The van der Waals surface area contributed by atoms with Crippen molar-refractivity contribution in [3.8, 4) is 0 Å². The van der Waals surface area contributed by atoms with Gasteiger partial charge in [-0.05, 0) is 38.1 Å². The first-order valence-electron chi connectivity index (χ1n) is 6.72. The Labute approximate surface area is 122 Å². The van der Waals surface area contributed by atoms with E-state index in [9.17, 15) is 4.79 Å². The normalized spacial score (nSPS) is 10.8. The van der Waals surface area contributed by atoms with Crippen molar-refractivity contribution < 1.29 is 13.9 Å². The van der Waals surface area contributed by atoms with Crippen LogP contribution in [0.1, 0.15) is 27.4 Å². The molecule has 0 aliphatic carbocycles. The van der Waals surface area contributed by atoms with Gasteiger partial charge in [0.2, 0.25) is 5.89 Å². The number of carbonyl (C=O) groups is 1. The molecule has 4 nitrogen and oxygen atoms in total. The van der Waals surface area contributed by atoms with E-state index in [2.05, 4.69) is 4.98 Å². The van der Waals surface area contributed by atoms with Crippen LogP contribution in [0.5, 0.6) is 0 Å². The van der Waals surface area contributed by atoms with Gasteiger partial charge < -0.3 is 9.15 Å². The summed E-state index contributed by atoms with van der Waals surface area (Å²) in [4.78, 5) is 16.3. The Balaban J connectivity index is 1.73. The van der Waals surface area contributed by atoms with Crippen LogP contribution in [0, 0.1) is 13.8 Å². The van der Waals surface area contributed by atoms with E-state index >= 15 is 0 Å². The fourth-order valence-corrected chi connectivity index (χ4v) is 2.28. The average molecular weight is 281 g/mol. The molecule has 2 aromatic carbocycles. The molecular weight excluding hydrogens is 266 g/mol. The van der Waals surface area contributed by atoms with E-state index in [1.165, 1.54) is 0 Å². The molecule has 0 aliphatic heterocycles. The highest BCUT2D eigenvalue weighted by molar-refractivity contribution is 5.89. The topological polar surface area (TPSA) is 52.3 Å². The minimum Gasteiger partial charge on any atom is -0.452 e. The molecule has 4 heteroatoms. The lowest BCUT2D eigenvalue weighted by atomic mass is 10.1. The van der Waals surface area contributed by atoms with E-state index in [4.69, 9.17) is 9.15 Å². The Hall–Kier alpha value is -2.62. The highest BCUT2D eigenvalue weighted by atomic mass is 16.5. The van der Waals surface area contributed by atoms with E-state index in [-0.39, 0.29) is 12.6 Å². The summed E-state index contributed by atoms with van der Waals surface area (Å²) in [6, 6.07) is 13.1. The van der Waals surface area contributed by atoms with E-state index in [0.717, 1.165) is 16.6 Å². The molecule has 3 aromatic rings. The molecule has 0 aliphatic rings. The van der Waals surface area contributed by atoms with Crippen LogP contribution in [0.2, 0.25) is 0 Å². The maximum atomic E-state index is 12.0. The summed E-state index contributed by atoms with van der Waals surface area (Å²) in [6.45, 7) is 3.93. The zero-order chi connectivity index (χ0) is 14.8. The van der Waals surface area contributed by atoms with Crippen LogP contribution in [0.3, 0.4) is 0 Å². The second-order valence-electron chi connectivity index (χ2n) is 5.03. The van der Waals surface area contributed by atoms with E-state index in [1.807, 2.05) is 44.2 Å². The molecule has 0 amide bonds. The molecule has 0 bridgehead atoms. The molecule has 21 heavy (non-hydrogen) atoms. The number of ether oxygens (including phenoxy) is 1. The number of rotatable bonds is 3. The Morgan fingerprint density at radius 1 is 1.14 bits per heavy atom. The quantitative estimate of drug-likeness (QED) is 0.685. The van der Waals surface area contributed by atoms with Crippen molar-refractivity contribution in [3.63, 3.8) is 0 Å². The third kappa shape index (κ3) is 2.94. The monoisotopic (exact) mass is 281 g/mol. The molecule has 0 saturated heterocycles. The van der Waals surface area contributed by atoms with Gasteiger partial charge in [-0.15, -0.1) is 0 Å². The molecule has 0 unspecified atom stereocenters. The van der Waals surface area contributed by atoms with Crippen molar-refractivity contribution in [3.05, 3.63) is 65.0 Å². The minimum absolute atomic E-state index is 0.0283. The van der Waals surface area contributed by atoms with E-state index < -0.39 is 0 Å². The number of para-hydroxylation sites is 2. The molecule has 106 valence electrons. The molecular formula is C17H15NO3. The van der Waals surface area contributed by atoms with Crippen LogP contribution in [-0.4, -0.2) is 11.0 Å². The van der Waals surface area contributed by atoms with Gasteiger partial charge in [0.25, 0.3) is 0 Å². The zero-order valence-corrected chi connectivity index (χ0v) is 11.9. The van der Waals surface area contributed by atoms with Crippen molar-refractivity contribution in [1.82, 2.24) is 4.98 Å². The van der Waals surface area contributed by atoms with Crippen molar-refractivity contribution in [1.29, 1.82) is 0 Å². The van der Waals surface area contributed by atoms with Gasteiger partial charge in [-0.25, -0.2) is 9.78 Å². The first-order chi connectivity index (χ1) is 10.1. The number of hydrogen-bond donors (Lipinski definition) is 0. The van der Waals surface area contributed by atoms with Crippen molar-refractivity contribution in [2.24, 2.45) is 0 Å². The Kier molecular flexibility index (Phi) is 3.44. The third-order valence-electron chi connectivity index (χ3n) is 3.12. The smallest absolute Gasteiger partial charge is 0.338 e. The van der Waals surface area contributed by atoms with Crippen LogP contribution in [-0.2, 0) is 11.3 Å². The molecule has 1 heterocycles. The largest absolute Gasteiger partial charge is 0.452 e. The number of esters is 1. The summed E-state index contributed by atoms with van der Waals surface area (Å²) < 4.78 is 10.8. The van der Waals surface area contributed by atoms with Gasteiger partial charge in [0.05, 0.1) is 5.56 Å². The summed E-state index contributed by atoms with van der Waals surface area (Å²) in [5.41, 5.74) is 4.06. The van der Waals surface area contributed by atoms with Gasteiger partial charge in [-0.2, -0.15) is 0 Å². The predicted octanol–water partition coefficient (Wildman–Crippen LogP) is 3.80. The molecule has 0 saturated carbocycles. The van der Waals surface area contributed by atoms with Gasteiger partial charge >= 0.3 is 5.97 Å². The van der Waals surface area contributed by atoms with E-state index in [0.29, 0.717) is 17.0 Å². The van der Waals surface area contributed by atoms with Gasteiger partial charge in [-0.1, -0.05) is 29.3 Å². The number of fused-ring (bicyclic) bond motifs is 1. The number of aryl methyl sites for hydroxylation is 2. The van der Waals surface area contributed by atoms with Crippen LogP contribution in [0.4, 0.5) is 0 Å². The zero-order valence-electron chi connectivity index (χ0n) is 11.9. The summed E-state index contributed by atoms with van der Waals surface area (Å²) in [5, 5.41) is 0. The number of carbonyl (C=O) groups excluding carboxylic acids is 1. The maximum absolute atomic E-state index is 12.0. The Morgan fingerprint density at radius 2 is 1.86 bits per heavy atom. The average Bonchev–Trinajstić information content (AvgIpc) is 2.86. The standard InChI is InChI=1S/C17H15NO3/c1-11-7-12(2)9-13(8-11)17(19)20-10-16-18-14-5-3-4-6-15(14)21-16/h3-9H,10H2,1-2H3. The summed E-state index contributed by atoms with van der Waals surface area (Å²) >= 11 is 0. The first kappa shape index (κ1) is 13.4. The number of benzene rings is 2. The lowest BCUT2D eigenvalue weighted by Gasteiger charge is -2.04. The first-order valence-corrected chi connectivity index (χ1v) is 6.72. The number of hydrogen-bond acceptors (Lipinski definition) is 4. The molecule has 0 radical (unpaired) electrons. The molecule has 0 fully saturated rings. The van der Waals surface area contributed by atoms with Gasteiger partial charge in [0.15, 0.2) is 12.2 Å². The molecule has 0 atom stereocenters. The third-order valence-corrected chi connectivity index (χ3v) is 3.12. The van der Waals surface area contributed by atoms with Crippen molar-refractivity contribution in [2.45, 2.75) is 20.5 Å². The second-order valence-corrected chi connectivity index (χ2v) is 5.03. The molecule has 3 rings (SSSR count). The van der Waals surface area contributed by atoms with Crippen LogP contribution < -0.4 is 0 Å². The minimum atomic E-state index is -0.371. The van der Waals surface area contributed by atoms with Crippen molar-refractivity contribution in [2.75, 3.05) is 0 Å². The highest BCUT2D eigenvalue weighted by Crippen LogP contribution is 2.16. The van der Waals surface area contributed by atoms with Crippen molar-refractivity contribution >= 4 is 17.1 Å². The molecule has 1 aromatic heterocycles. The number of aromatic nitrogens is 1. The lowest BCUT2D eigenvalue weighted by molar-refractivity contribution is 0.0440. The SMILES string of the molecule is Cc1cc(C)cc(C(=O)OCc2nc3ccccc3o2)c1. The second kappa shape index (κ2) is 5.40. The number of oxazole rings is 1. The van der Waals surface area contributed by atoms with Crippen LogP contribution in [0.25, 0.3) is 11.1 Å². The van der Waals surface area contributed by atoms with Gasteiger partial charge in [0.1, 0.15) is 5.52 Å². The van der Waals surface area contributed by atoms with Gasteiger partial charge in [-0.3, -0.25) is 0 Å².